The molecule has 3 rings (SSSR count). The van der Waals surface area contributed by atoms with E-state index in [0.717, 1.165) is 11.4 Å². The molecule has 5 heteroatoms. The smallest absolute Gasteiger partial charge is 0.272 e. The Morgan fingerprint density at radius 2 is 2.00 bits per heavy atom. The van der Waals surface area contributed by atoms with Crippen molar-refractivity contribution in [3.8, 4) is 0 Å². The normalized spacial score (nSPS) is 13.7. The topological polar surface area (TPSA) is 58.1 Å². The molecule has 1 aliphatic carbocycles. The molecule has 5 nitrogen and oxygen atoms in total. The Kier molecular flexibility index (Phi) is 4.04. The number of hydrogen-bond donors (Lipinski definition) is 1. The minimum Gasteiger partial charge on any atom is -0.367 e. The van der Waals surface area contributed by atoms with Gasteiger partial charge in [-0.15, -0.1) is 0 Å². The molecular weight excluding hydrogens is 276 g/mol. The van der Waals surface area contributed by atoms with Gasteiger partial charge in [0.25, 0.3) is 5.91 Å². The van der Waals surface area contributed by atoms with Crippen molar-refractivity contribution in [3.05, 3.63) is 53.5 Å². The van der Waals surface area contributed by atoms with Crippen LogP contribution in [0, 0.1) is 6.92 Å². The standard InChI is InChI=1S/C17H20N4O/c1-12-18-15(10-16(19-12)20-14-8-9-14)17(22)21(2)11-13-6-4-3-5-7-13/h3-7,10,14H,8-9,11H2,1-2H3,(H,18,19,20). The van der Waals surface area contributed by atoms with Crippen molar-refractivity contribution in [3.63, 3.8) is 0 Å². The lowest BCUT2D eigenvalue weighted by molar-refractivity contribution is 0.0779. The summed E-state index contributed by atoms with van der Waals surface area (Å²) in [4.78, 5) is 22.9. The van der Waals surface area contributed by atoms with Crippen molar-refractivity contribution in [2.24, 2.45) is 0 Å². The summed E-state index contributed by atoms with van der Waals surface area (Å²) in [6.07, 6.45) is 2.33. The third kappa shape index (κ3) is 3.61. The number of benzene rings is 1. The summed E-state index contributed by atoms with van der Waals surface area (Å²) in [5.41, 5.74) is 1.54. The molecule has 22 heavy (non-hydrogen) atoms. The third-order valence-electron chi connectivity index (χ3n) is 3.60. The van der Waals surface area contributed by atoms with E-state index in [4.69, 9.17) is 0 Å². The Morgan fingerprint density at radius 3 is 2.68 bits per heavy atom. The first kappa shape index (κ1) is 14.5. The van der Waals surface area contributed by atoms with E-state index >= 15 is 0 Å². The lowest BCUT2D eigenvalue weighted by atomic mass is 10.2. The maximum absolute atomic E-state index is 12.6. The molecule has 1 heterocycles. The van der Waals surface area contributed by atoms with Gasteiger partial charge in [0.1, 0.15) is 17.3 Å². The Labute approximate surface area is 130 Å². The fourth-order valence-electron chi connectivity index (χ4n) is 2.31. The molecule has 1 amide bonds. The van der Waals surface area contributed by atoms with E-state index in [0.29, 0.717) is 24.1 Å². The van der Waals surface area contributed by atoms with Crippen LogP contribution in [-0.2, 0) is 6.54 Å². The number of hydrogen-bond acceptors (Lipinski definition) is 4. The molecule has 0 unspecified atom stereocenters. The summed E-state index contributed by atoms with van der Waals surface area (Å²) >= 11 is 0. The summed E-state index contributed by atoms with van der Waals surface area (Å²) in [5.74, 6) is 1.27. The first-order chi connectivity index (χ1) is 10.6. The number of aromatic nitrogens is 2. The zero-order chi connectivity index (χ0) is 15.5. The van der Waals surface area contributed by atoms with Crippen molar-refractivity contribution in [2.45, 2.75) is 32.4 Å². The second-order valence-corrected chi connectivity index (χ2v) is 5.75. The molecule has 1 N–H and O–H groups in total. The minimum atomic E-state index is -0.0896. The highest BCUT2D eigenvalue weighted by atomic mass is 16.2. The number of anilines is 1. The Morgan fingerprint density at radius 1 is 1.27 bits per heavy atom. The number of nitrogens with zero attached hydrogens (tertiary/aromatic N) is 3. The third-order valence-corrected chi connectivity index (χ3v) is 3.60. The molecule has 1 aromatic heterocycles. The zero-order valence-corrected chi connectivity index (χ0v) is 12.9. The lowest BCUT2D eigenvalue weighted by Gasteiger charge is -2.17. The van der Waals surface area contributed by atoms with Gasteiger partial charge in [0.05, 0.1) is 0 Å². The second kappa shape index (κ2) is 6.13. The van der Waals surface area contributed by atoms with Crippen LogP contribution in [-0.4, -0.2) is 33.9 Å². The van der Waals surface area contributed by atoms with Gasteiger partial charge in [0, 0.05) is 25.7 Å². The maximum Gasteiger partial charge on any atom is 0.272 e. The second-order valence-electron chi connectivity index (χ2n) is 5.75. The molecule has 0 saturated heterocycles. The zero-order valence-electron chi connectivity index (χ0n) is 12.9. The largest absolute Gasteiger partial charge is 0.367 e. The van der Waals surface area contributed by atoms with Crippen molar-refractivity contribution in [2.75, 3.05) is 12.4 Å². The van der Waals surface area contributed by atoms with Crippen molar-refractivity contribution in [1.29, 1.82) is 0 Å². The van der Waals surface area contributed by atoms with Crippen LogP contribution in [0.25, 0.3) is 0 Å². The number of carbonyl (C=O) groups is 1. The van der Waals surface area contributed by atoms with Gasteiger partial charge in [-0.3, -0.25) is 4.79 Å². The highest BCUT2D eigenvalue weighted by Gasteiger charge is 2.22. The van der Waals surface area contributed by atoms with E-state index in [1.807, 2.05) is 37.3 Å². The van der Waals surface area contributed by atoms with Crippen LogP contribution in [0.3, 0.4) is 0 Å². The van der Waals surface area contributed by atoms with Gasteiger partial charge >= 0.3 is 0 Å². The molecule has 1 aliphatic rings. The summed E-state index contributed by atoms with van der Waals surface area (Å²) < 4.78 is 0. The van der Waals surface area contributed by atoms with Crippen LogP contribution in [0.15, 0.2) is 36.4 Å². The van der Waals surface area contributed by atoms with E-state index < -0.39 is 0 Å². The minimum absolute atomic E-state index is 0.0896. The molecule has 0 bridgehead atoms. The lowest BCUT2D eigenvalue weighted by Crippen LogP contribution is -2.27. The van der Waals surface area contributed by atoms with Crippen molar-refractivity contribution < 1.29 is 4.79 Å². The number of rotatable bonds is 5. The van der Waals surface area contributed by atoms with E-state index in [1.54, 1.807) is 18.0 Å². The van der Waals surface area contributed by atoms with E-state index in [1.165, 1.54) is 12.8 Å². The average Bonchev–Trinajstić information content (AvgIpc) is 3.30. The van der Waals surface area contributed by atoms with E-state index in [2.05, 4.69) is 15.3 Å². The summed E-state index contributed by atoms with van der Waals surface area (Å²) in [5, 5.41) is 3.32. The quantitative estimate of drug-likeness (QED) is 0.921. The monoisotopic (exact) mass is 296 g/mol. The van der Waals surface area contributed by atoms with Crippen LogP contribution >= 0.6 is 0 Å². The van der Waals surface area contributed by atoms with Gasteiger partial charge in [0.15, 0.2) is 0 Å². The van der Waals surface area contributed by atoms with Crippen LogP contribution in [0.5, 0.6) is 0 Å². The maximum atomic E-state index is 12.6. The molecule has 1 aromatic carbocycles. The molecule has 0 atom stereocenters. The molecule has 2 aromatic rings. The summed E-state index contributed by atoms with van der Waals surface area (Å²) in [6.45, 7) is 2.38. The van der Waals surface area contributed by atoms with Gasteiger partial charge < -0.3 is 10.2 Å². The predicted molar refractivity (Wildman–Crippen MR) is 85.7 cm³/mol. The highest BCUT2D eigenvalue weighted by Crippen LogP contribution is 2.24. The first-order valence-corrected chi connectivity index (χ1v) is 7.53. The van der Waals surface area contributed by atoms with Crippen molar-refractivity contribution in [1.82, 2.24) is 14.9 Å². The number of amides is 1. The van der Waals surface area contributed by atoms with Gasteiger partial charge in [-0.25, -0.2) is 9.97 Å². The number of aryl methyl sites for hydroxylation is 1. The van der Waals surface area contributed by atoms with E-state index in [-0.39, 0.29) is 5.91 Å². The molecular formula is C17H20N4O. The highest BCUT2D eigenvalue weighted by molar-refractivity contribution is 5.92. The Hall–Kier alpha value is -2.43. The van der Waals surface area contributed by atoms with Crippen LogP contribution < -0.4 is 5.32 Å². The Balaban J connectivity index is 1.74. The van der Waals surface area contributed by atoms with Gasteiger partial charge in [-0.1, -0.05) is 30.3 Å². The first-order valence-electron chi connectivity index (χ1n) is 7.53. The fraction of sp³-hybridized carbons (Fsp3) is 0.353. The number of nitrogens with one attached hydrogen (secondary N) is 1. The van der Waals surface area contributed by atoms with Crippen LogP contribution in [0.2, 0.25) is 0 Å². The molecule has 0 radical (unpaired) electrons. The SMILES string of the molecule is Cc1nc(NC2CC2)cc(C(=O)N(C)Cc2ccccc2)n1. The van der Waals surface area contributed by atoms with E-state index in [9.17, 15) is 4.79 Å². The Bertz CT molecular complexity index is 668. The molecule has 1 saturated carbocycles. The number of carbonyl (C=O) groups excluding carboxylic acids is 1. The molecule has 1 fully saturated rings. The molecule has 114 valence electrons. The van der Waals surface area contributed by atoms with Gasteiger partial charge in [-0.2, -0.15) is 0 Å². The molecule has 0 spiro atoms. The van der Waals surface area contributed by atoms with Crippen LogP contribution in [0.1, 0.15) is 34.7 Å². The summed E-state index contributed by atoms with van der Waals surface area (Å²) in [6, 6.07) is 12.2. The summed E-state index contributed by atoms with van der Waals surface area (Å²) in [7, 11) is 1.79. The molecule has 0 aliphatic heterocycles. The van der Waals surface area contributed by atoms with Gasteiger partial charge in [0.2, 0.25) is 0 Å². The van der Waals surface area contributed by atoms with Crippen LogP contribution in [0.4, 0.5) is 5.82 Å². The average molecular weight is 296 g/mol. The fourth-order valence-corrected chi connectivity index (χ4v) is 2.31. The van der Waals surface area contributed by atoms with Gasteiger partial charge in [-0.05, 0) is 25.3 Å². The predicted octanol–water partition coefficient (Wildman–Crippen LogP) is 2.63. The van der Waals surface area contributed by atoms with Crippen molar-refractivity contribution >= 4 is 11.7 Å².